The van der Waals surface area contributed by atoms with Crippen molar-refractivity contribution in [2.75, 3.05) is 11.4 Å². The van der Waals surface area contributed by atoms with E-state index >= 15 is 0 Å². The highest BCUT2D eigenvalue weighted by Gasteiger charge is 2.21. The number of hydrazone groups is 1. The molecule has 0 spiro atoms. The molecule has 6 nitrogen and oxygen atoms in total. The zero-order chi connectivity index (χ0) is 20.9. The van der Waals surface area contributed by atoms with Gasteiger partial charge in [-0.15, -0.1) is 0 Å². The fraction of sp³-hybridized carbons (Fsp3) is 0.0909. The molecule has 3 rings (SSSR count). The number of carbonyl (C=O) groups excluding carboxylic acids is 1. The van der Waals surface area contributed by atoms with E-state index in [1.807, 2.05) is 37.3 Å². The van der Waals surface area contributed by atoms with E-state index in [-0.39, 0.29) is 10.8 Å². The van der Waals surface area contributed by atoms with Crippen LogP contribution in [0.2, 0.25) is 0 Å². The van der Waals surface area contributed by atoms with E-state index in [1.165, 1.54) is 11.4 Å². The number of nitrogens with zero attached hydrogens (tertiary/aromatic N) is 2. The molecule has 0 unspecified atom stereocenters. The molecular weight excluding hydrogens is 386 g/mol. The molecule has 0 atom stereocenters. The van der Waals surface area contributed by atoms with E-state index in [2.05, 4.69) is 10.5 Å². The minimum Gasteiger partial charge on any atom is -0.269 e. The summed E-state index contributed by atoms with van der Waals surface area (Å²) < 4.78 is 26.6. The van der Waals surface area contributed by atoms with Crippen molar-refractivity contribution in [1.29, 1.82) is 0 Å². The van der Waals surface area contributed by atoms with Gasteiger partial charge in [0.2, 0.25) is 0 Å². The Hall–Kier alpha value is -3.45. The summed E-state index contributed by atoms with van der Waals surface area (Å²) in [4.78, 5) is 12.5. The zero-order valence-electron chi connectivity index (χ0n) is 16.1. The van der Waals surface area contributed by atoms with Crippen LogP contribution in [0.1, 0.15) is 22.8 Å². The highest BCUT2D eigenvalue weighted by molar-refractivity contribution is 7.92. The summed E-state index contributed by atoms with van der Waals surface area (Å²) in [5.41, 5.74) is 4.95. The second kappa shape index (κ2) is 8.70. The Morgan fingerprint density at radius 3 is 1.97 bits per heavy atom. The highest BCUT2D eigenvalue weighted by Crippen LogP contribution is 2.22. The monoisotopic (exact) mass is 407 g/mol. The Labute approximate surface area is 170 Å². The fourth-order valence-corrected chi connectivity index (χ4v) is 3.87. The molecule has 0 aliphatic carbocycles. The fourth-order valence-electron chi connectivity index (χ4n) is 2.66. The van der Waals surface area contributed by atoms with E-state index in [0.717, 1.165) is 5.56 Å². The summed E-state index contributed by atoms with van der Waals surface area (Å²) in [6.45, 7) is 1.81. The molecule has 0 aromatic heterocycles. The average molecular weight is 407 g/mol. The number of carbonyl (C=O) groups is 1. The summed E-state index contributed by atoms with van der Waals surface area (Å²) in [6.07, 6.45) is 0. The molecular formula is C22H21N3O3S. The normalized spacial score (nSPS) is 11.7. The lowest BCUT2D eigenvalue weighted by Crippen LogP contribution is -2.26. The van der Waals surface area contributed by atoms with Gasteiger partial charge in [0.05, 0.1) is 16.3 Å². The Morgan fingerprint density at radius 1 is 0.828 bits per heavy atom. The molecule has 0 bridgehead atoms. The lowest BCUT2D eigenvalue weighted by molar-refractivity contribution is 0.0955. The van der Waals surface area contributed by atoms with Gasteiger partial charge in [-0.1, -0.05) is 48.5 Å². The van der Waals surface area contributed by atoms with E-state index in [4.69, 9.17) is 0 Å². The Balaban J connectivity index is 1.72. The number of nitrogens with one attached hydrogen (secondary N) is 1. The van der Waals surface area contributed by atoms with E-state index in [9.17, 15) is 13.2 Å². The molecule has 0 saturated heterocycles. The third kappa shape index (κ3) is 4.70. The van der Waals surface area contributed by atoms with E-state index < -0.39 is 10.0 Å². The number of rotatable bonds is 6. The van der Waals surface area contributed by atoms with Crippen molar-refractivity contribution in [3.8, 4) is 0 Å². The van der Waals surface area contributed by atoms with Crippen LogP contribution in [0.15, 0.2) is 94.9 Å². The Kier molecular flexibility index (Phi) is 6.09. The van der Waals surface area contributed by atoms with Crippen molar-refractivity contribution in [3.05, 3.63) is 96.1 Å². The SMILES string of the molecule is C/C(=N/NC(=O)c1ccc(N(C)S(=O)(=O)c2ccccc2)cc1)c1ccccc1. The lowest BCUT2D eigenvalue weighted by atomic mass is 10.1. The number of amides is 1. The van der Waals surface area contributed by atoms with Gasteiger partial charge in [0.1, 0.15) is 0 Å². The predicted molar refractivity (Wildman–Crippen MR) is 115 cm³/mol. The third-order valence-electron chi connectivity index (χ3n) is 4.41. The second-order valence-corrected chi connectivity index (χ2v) is 8.31. The first-order valence-corrected chi connectivity index (χ1v) is 10.4. The number of benzene rings is 3. The maximum atomic E-state index is 12.7. The average Bonchev–Trinajstić information content (AvgIpc) is 2.78. The van der Waals surface area contributed by atoms with Crippen LogP contribution in [0.4, 0.5) is 5.69 Å². The highest BCUT2D eigenvalue weighted by atomic mass is 32.2. The first-order valence-electron chi connectivity index (χ1n) is 8.93. The standard InChI is InChI=1S/C22H21N3O3S/c1-17(18-9-5-3-6-10-18)23-24-22(26)19-13-15-20(16-14-19)25(2)29(27,28)21-11-7-4-8-12-21/h3-16H,1-2H3,(H,24,26)/b23-17-. The minimum atomic E-state index is -3.67. The van der Waals surface area contributed by atoms with Gasteiger partial charge in [-0.25, -0.2) is 13.8 Å². The van der Waals surface area contributed by atoms with Crippen LogP contribution < -0.4 is 9.73 Å². The van der Waals surface area contributed by atoms with Gasteiger partial charge < -0.3 is 0 Å². The maximum absolute atomic E-state index is 12.7. The molecule has 1 amide bonds. The molecule has 29 heavy (non-hydrogen) atoms. The van der Waals surface area contributed by atoms with Crippen LogP contribution in [0.3, 0.4) is 0 Å². The maximum Gasteiger partial charge on any atom is 0.271 e. The molecule has 0 radical (unpaired) electrons. The van der Waals surface area contributed by atoms with Gasteiger partial charge in [0.25, 0.3) is 15.9 Å². The molecule has 0 saturated carbocycles. The zero-order valence-corrected chi connectivity index (χ0v) is 16.9. The number of hydrogen-bond donors (Lipinski definition) is 1. The summed E-state index contributed by atoms with van der Waals surface area (Å²) in [6, 6.07) is 24.0. The largest absolute Gasteiger partial charge is 0.271 e. The first-order chi connectivity index (χ1) is 13.9. The van der Waals surface area contributed by atoms with Crippen LogP contribution in [0.25, 0.3) is 0 Å². The van der Waals surface area contributed by atoms with Crippen LogP contribution in [-0.4, -0.2) is 27.1 Å². The lowest BCUT2D eigenvalue weighted by Gasteiger charge is -2.19. The van der Waals surface area contributed by atoms with Crippen molar-refractivity contribution in [2.24, 2.45) is 5.10 Å². The molecule has 3 aromatic rings. The molecule has 148 valence electrons. The molecule has 0 heterocycles. The van der Waals surface area contributed by atoms with Gasteiger partial charge in [0, 0.05) is 12.6 Å². The third-order valence-corrected chi connectivity index (χ3v) is 6.21. The van der Waals surface area contributed by atoms with E-state index in [0.29, 0.717) is 17.0 Å². The van der Waals surface area contributed by atoms with Crippen LogP contribution in [0, 0.1) is 0 Å². The van der Waals surface area contributed by atoms with Gasteiger partial charge in [-0.2, -0.15) is 5.10 Å². The summed E-state index contributed by atoms with van der Waals surface area (Å²) in [5, 5.41) is 4.12. The van der Waals surface area contributed by atoms with Gasteiger partial charge in [-0.05, 0) is 48.9 Å². The number of anilines is 1. The summed E-state index contributed by atoms with van der Waals surface area (Å²) in [5.74, 6) is -0.375. The van der Waals surface area contributed by atoms with Gasteiger partial charge in [-0.3, -0.25) is 9.10 Å². The molecule has 0 fully saturated rings. The molecule has 0 aliphatic rings. The number of sulfonamides is 1. The van der Waals surface area contributed by atoms with Crippen LogP contribution in [0.5, 0.6) is 0 Å². The van der Waals surface area contributed by atoms with Crippen molar-refractivity contribution in [3.63, 3.8) is 0 Å². The summed E-state index contributed by atoms with van der Waals surface area (Å²) >= 11 is 0. The minimum absolute atomic E-state index is 0.204. The van der Waals surface area contributed by atoms with Crippen LogP contribution in [-0.2, 0) is 10.0 Å². The quantitative estimate of drug-likeness (QED) is 0.500. The molecule has 1 N–H and O–H groups in total. The van der Waals surface area contributed by atoms with Crippen molar-refractivity contribution >= 4 is 27.3 Å². The van der Waals surface area contributed by atoms with Crippen molar-refractivity contribution < 1.29 is 13.2 Å². The molecule has 3 aromatic carbocycles. The van der Waals surface area contributed by atoms with Crippen molar-refractivity contribution in [2.45, 2.75) is 11.8 Å². The first kappa shape index (κ1) is 20.3. The van der Waals surface area contributed by atoms with Crippen molar-refractivity contribution in [1.82, 2.24) is 5.43 Å². The second-order valence-electron chi connectivity index (χ2n) is 6.34. The Bertz CT molecular complexity index is 1110. The topological polar surface area (TPSA) is 78.8 Å². The smallest absolute Gasteiger partial charge is 0.269 e. The van der Waals surface area contributed by atoms with Gasteiger partial charge >= 0.3 is 0 Å². The Morgan fingerprint density at radius 2 is 1.38 bits per heavy atom. The summed E-state index contributed by atoms with van der Waals surface area (Å²) in [7, 11) is -2.19. The van der Waals surface area contributed by atoms with E-state index in [1.54, 1.807) is 54.6 Å². The van der Waals surface area contributed by atoms with Crippen LogP contribution >= 0.6 is 0 Å². The predicted octanol–water partition coefficient (Wildman–Crippen LogP) is 3.67. The number of hydrogen-bond acceptors (Lipinski definition) is 4. The van der Waals surface area contributed by atoms with Gasteiger partial charge in [0.15, 0.2) is 0 Å². The molecule has 0 aliphatic heterocycles. The molecule has 7 heteroatoms.